The molecule has 1 saturated heterocycles. The lowest BCUT2D eigenvalue weighted by Gasteiger charge is -2.41. The van der Waals surface area contributed by atoms with Crippen LogP contribution < -0.4 is 16.0 Å². The van der Waals surface area contributed by atoms with E-state index in [0.717, 1.165) is 0 Å². The van der Waals surface area contributed by atoms with E-state index in [-0.39, 0.29) is 66.0 Å². The SMILES string of the molecule is CC[C@H](C)[C@@H]([C@H](CC(=O)N1C[C@H](OC)C[C@@H]1[C@H](OC)[C@@H](C)C(=O)NC(Cl)Cc1ccc(Cl)c(F)c1)OC)N(C)C(=O)[C@@H](NC(=O)[C@@H](NC)C(C)C)C(C)C. The van der Waals surface area contributed by atoms with Gasteiger partial charge in [0.1, 0.15) is 17.4 Å². The fourth-order valence-electron chi connectivity index (χ4n) is 7.41. The molecular formula is C39H64Cl2FN5O7. The molecule has 1 aliphatic heterocycles. The minimum absolute atomic E-state index is 0.00598. The molecule has 1 aromatic rings. The summed E-state index contributed by atoms with van der Waals surface area (Å²) in [5.74, 6) is -2.72. The normalized spacial score (nSPS) is 20.5. The van der Waals surface area contributed by atoms with Crippen LogP contribution in [0.2, 0.25) is 5.02 Å². The molecule has 1 aliphatic rings. The zero-order valence-corrected chi connectivity index (χ0v) is 35.6. The topological polar surface area (TPSA) is 139 Å². The van der Waals surface area contributed by atoms with Gasteiger partial charge < -0.3 is 40.0 Å². The van der Waals surface area contributed by atoms with Crippen molar-refractivity contribution >= 4 is 46.8 Å². The number of hydrogen-bond donors (Lipinski definition) is 3. The average Bonchev–Trinajstić information content (AvgIpc) is 3.55. The van der Waals surface area contributed by atoms with Crippen molar-refractivity contribution in [3.05, 3.63) is 34.6 Å². The van der Waals surface area contributed by atoms with Gasteiger partial charge in [-0.2, -0.15) is 0 Å². The van der Waals surface area contributed by atoms with Gasteiger partial charge in [0.05, 0.1) is 53.8 Å². The molecule has 3 N–H and O–H groups in total. The number of alkyl halides is 1. The molecule has 1 aromatic carbocycles. The van der Waals surface area contributed by atoms with Gasteiger partial charge >= 0.3 is 0 Å². The van der Waals surface area contributed by atoms with Crippen molar-refractivity contribution in [2.75, 3.05) is 42.0 Å². The van der Waals surface area contributed by atoms with E-state index in [4.69, 9.17) is 37.4 Å². The maximum absolute atomic E-state index is 14.3. The van der Waals surface area contributed by atoms with Crippen molar-refractivity contribution in [1.29, 1.82) is 0 Å². The molecular weight excluding hydrogens is 740 g/mol. The Labute approximate surface area is 331 Å². The van der Waals surface area contributed by atoms with Gasteiger partial charge in [-0.25, -0.2) is 4.39 Å². The van der Waals surface area contributed by atoms with Gasteiger partial charge in [-0.05, 0) is 48.9 Å². The Bertz CT molecular complexity index is 1390. The number of halogens is 3. The first kappa shape index (κ1) is 47.6. The highest BCUT2D eigenvalue weighted by molar-refractivity contribution is 6.30. The van der Waals surface area contributed by atoms with E-state index in [1.165, 1.54) is 26.4 Å². The summed E-state index contributed by atoms with van der Waals surface area (Å²) in [7, 11) is 8.01. The fourth-order valence-corrected chi connectivity index (χ4v) is 7.81. The predicted molar refractivity (Wildman–Crippen MR) is 210 cm³/mol. The summed E-state index contributed by atoms with van der Waals surface area (Å²) < 4.78 is 31.6. The predicted octanol–water partition coefficient (Wildman–Crippen LogP) is 4.63. The standard InChI is InChI=1S/C39H64Cl2FN5O7/c1-13-23(6)35(46(9)39(51)34(22(4)5)45-38(50)33(43-8)21(2)3)30(53-11)19-32(48)47-20-26(52-10)18-29(47)36(54-12)24(7)37(49)44-31(41)17-25-14-15-27(40)28(42)16-25/h14-16,21-24,26,29-31,33-36,43H,13,17-20H2,1-12H3,(H,44,49)(H,45,50)/t23-,24+,26+,29+,30-,31?,33-,34-,35-,36+/m0/s1. The van der Waals surface area contributed by atoms with Crippen LogP contribution in [0.15, 0.2) is 18.2 Å². The lowest BCUT2D eigenvalue weighted by Crippen LogP contribution is -2.59. The monoisotopic (exact) mass is 803 g/mol. The van der Waals surface area contributed by atoms with Crippen LogP contribution in [0.3, 0.4) is 0 Å². The number of hydrogen-bond acceptors (Lipinski definition) is 8. The Morgan fingerprint density at radius 1 is 0.981 bits per heavy atom. The van der Waals surface area contributed by atoms with Crippen LogP contribution >= 0.6 is 23.2 Å². The number of ether oxygens (including phenoxy) is 3. The number of carbonyl (C=O) groups excluding carboxylic acids is 4. The van der Waals surface area contributed by atoms with Crippen molar-refractivity contribution in [3.63, 3.8) is 0 Å². The van der Waals surface area contributed by atoms with Crippen molar-refractivity contribution in [2.24, 2.45) is 23.7 Å². The van der Waals surface area contributed by atoms with E-state index in [0.29, 0.717) is 18.4 Å². The highest BCUT2D eigenvalue weighted by Crippen LogP contribution is 2.31. The molecule has 0 aromatic heterocycles. The van der Waals surface area contributed by atoms with Crippen LogP contribution in [0.4, 0.5) is 4.39 Å². The fraction of sp³-hybridized carbons (Fsp3) is 0.744. The summed E-state index contributed by atoms with van der Waals surface area (Å²) in [6.07, 6.45) is -0.467. The van der Waals surface area contributed by atoms with Gasteiger partial charge in [0.15, 0.2) is 0 Å². The Kier molecular flexibility index (Phi) is 19.6. The number of likely N-dealkylation sites (N-methyl/N-ethyl adjacent to an activating group) is 2. The number of carbonyl (C=O) groups is 4. The molecule has 0 spiro atoms. The largest absolute Gasteiger partial charge is 0.380 e. The second-order valence-corrected chi connectivity index (χ2v) is 16.1. The average molecular weight is 805 g/mol. The van der Waals surface area contributed by atoms with Gasteiger partial charge in [-0.3, -0.25) is 19.2 Å². The maximum atomic E-state index is 14.3. The molecule has 15 heteroatoms. The van der Waals surface area contributed by atoms with Crippen molar-refractivity contribution in [3.8, 4) is 0 Å². The molecule has 10 atom stereocenters. The third kappa shape index (κ3) is 12.5. The Morgan fingerprint density at radius 3 is 2.11 bits per heavy atom. The first-order valence-corrected chi connectivity index (χ1v) is 19.7. The molecule has 2 rings (SSSR count). The molecule has 0 aliphatic carbocycles. The summed E-state index contributed by atoms with van der Waals surface area (Å²) >= 11 is 12.3. The Morgan fingerprint density at radius 2 is 1.61 bits per heavy atom. The lowest BCUT2D eigenvalue weighted by atomic mass is 9.89. The summed E-state index contributed by atoms with van der Waals surface area (Å²) in [6.45, 7) is 13.7. The number of amides is 4. The molecule has 308 valence electrons. The van der Waals surface area contributed by atoms with E-state index in [9.17, 15) is 23.6 Å². The smallest absolute Gasteiger partial charge is 0.245 e. The van der Waals surface area contributed by atoms with Gasteiger partial charge in [0.2, 0.25) is 23.6 Å². The van der Waals surface area contributed by atoms with E-state index >= 15 is 0 Å². The van der Waals surface area contributed by atoms with Crippen molar-refractivity contribution in [2.45, 2.75) is 122 Å². The maximum Gasteiger partial charge on any atom is 0.245 e. The molecule has 54 heavy (non-hydrogen) atoms. The zero-order valence-electron chi connectivity index (χ0n) is 34.1. The molecule has 1 unspecified atom stereocenters. The van der Waals surface area contributed by atoms with E-state index in [1.54, 1.807) is 44.0 Å². The van der Waals surface area contributed by atoms with Crippen molar-refractivity contribution < 1.29 is 37.8 Å². The third-order valence-electron chi connectivity index (χ3n) is 10.8. The van der Waals surface area contributed by atoms with Crippen LogP contribution in [-0.2, 0) is 39.8 Å². The van der Waals surface area contributed by atoms with Crippen LogP contribution in [0.5, 0.6) is 0 Å². The van der Waals surface area contributed by atoms with Crippen LogP contribution in [0.1, 0.15) is 73.3 Å². The van der Waals surface area contributed by atoms with Crippen molar-refractivity contribution in [1.82, 2.24) is 25.8 Å². The highest BCUT2D eigenvalue weighted by atomic mass is 35.5. The number of methoxy groups -OCH3 is 3. The lowest BCUT2D eigenvalue weighted by molar-refractivity contribution is -0.148. The van der Waals surface area contributed by atoms with Gasteiger partial charge in [-0.15, -0.1) is 0 Å². The first-order chi connectivity index (χ1) is 25.4. The third-order valence-corrected chi connectivity index (χ3v) is 11.4. The summed E-state index contributed by atoms with van der Waals surface area (Å²) in [4.78, 5) is 58.5. The summed E-state index contributed by atoms with van der Waals surface area (Å²) in [5.41, 5.74) is -0.272. The molecule has 1 heterocycles. The quantitative estimate of drug-likeness (QED) is 0.121. The minimum atomic E-state index is -0.839. The molecule has 12 nitrogen and oxygen atoms in total. The van der Waals surface area contributed by atoms with Gasteiger partial charge in [-0.1, -0.05) is 84.2 Å². The minimum Gasteiger partial charge on any atom is -0.380 e. The number of rotatable bonds is 21. The highest BCUT2D eigenvalue weighted by Gasteiger charge is 2.45. The molecule has 1 fully saturated rings. The number of benzene rings is 1. The van der Waals surface area contributed by atoms with E-state index < -0.39 is 59.5 Å². The van der Waals surface area contributed by atoms with Gasteiger partial charge in [0, 0.05) is 41.3 Å². The molecule has 0 saturated carbocycles. The summed E-state index contributed by atoms with van der Waals surface area (Å²) in [6, 6.07) is 2.07. The summed E-state index contributed by atoms with van der Waals surface area (Å²) in [5, 5.41) is 8.78. The van der Waals surface area contributed by atoms with Crippen LogP contribution in [0, 0.1) is 29.5 Å². The number of nitrogens with one attached hydrogen (secondary N) is 3. The van der Waals surface area contributed by atoms with Gasteiger partial charge in [0.25, 0.3) is 0 Å². The second-order valence-electron chi connectivity index (χ2n) is 15.2. The first-order valence-electron chi connectivity index (χ1n) is 18.9. The van der Waals surface area contributed by atoms with Crippen LogP contribution in [-0.4, -0.2) is 123 Å². The molecule has 4 amide bonds. The number of nitrogens with zero attached hydrogens (tertiary/aromatic N) is 2. The Balaban J connectivity index is 2.30. The zero-order chi connectivity index (χ0) is 41.0. The second kappa shape index (κ2) is 22.3. The number of likely N-dealkylation sites (tertiary alicyclic amines) is 1. The van der Waals surface area contributed by atoms with Crippen LogP contribution in [0.25, 0.3) is 0 Å². The molecule has 0 bridgehead atoms. The van der Waals surface area contributed by atoms with E-state index in [1.807, 2.05) is 41.5 Å². The Hall–Kier alpha value is -2.55. The van der Waals surface area contributed by atoms with E-state index in [2.05, 4.69) is 16.0 Å². The molecule has 0 radical (unpaired) electrons.